The lowest BCUT2D eigenvalue weighted by atomic mass is 10.1. The van der Waals surface area contributed by atoms with Gasteiger partial charge in [-0.2, -0.15) is 4.31 Å². The highest BCUT2D eigenvalue weighted by Crippen LogP contribution is 2.26. The summed E-state index contributed by atoms with van der Waals surface area (Å²) in [6.07, 6.45) is 2.21. The zero-order chi connectivity index (χ0) is 24.0. The minimum Gasteiger partial charge on any atom is -0.492 e. The first kappa shape index (κ1) is 24.0. The third-order valence-corrected chi connectivity index (χ3v) is 7.78. The molecule has 1 fully saturated rings. The molecule has 0 radical (unpaired) electrons. The van der Waals surface area contributed by atoms with Gasteiger partial charge in [0.1, 0.15) is 18.1 Å². The summed E-state index contributed by atoms with van der Waals surface area (Å²) in [5.41, 5.74) is 0. The third kappa shape index (κ3) is 5.69. The van der Waals surface area contributed by atoms with Crippen molar-refractivity contribution < 1.29 is 22.7 Å². The van der Waals surface area contributed by atoms with Gasteiger partial charge in [0.2, 0.25) is 10.0 Å². The number of carbonyl (C=O) groups is 1. The van der Waals surface area contributed by atoms with Crippen molar-refractivity contribution in [3.05, 3.63) is 66.7 Å². The van der Waals surface area contributed by atoms with Crippen molar-refractivity contribution in [1.82, 2.24) is 9.62 Å². The quantitative estimate of drug-likeness (QED) is 0.467. The van der Waals surface area contributed by atoms with Gasteiger partial charge in [-0.15, -0.1) is 0 Å². The Balaban J connectivity index is 1.24. The highest BCUT2D eigenvalue weighted by atomic mass is 32.2. The molecule has 1 atom stereocenters. The van der Waals surface area contributed by atoms with Gasteiger partial charge in [0.25, 0.3) is 5.91 Å². The van der Waals surface area contributed by atoms with E-state index < -0.39 is 16.1 Å². The summed E-state index contributed by atoms with van der Waals surface area (Å²) < 4.78 is 38.5. The van der Waals surface area contributed by atoms with Crippen LogP contribution < -0.4 is 14.8 Å². The zero-order valence-corrected chi connectivity index (χ0v) is 20.1. The van der Waals surface area contributed by atoms with Crippen molar-refractivity contribution in [3.8, 4) is 11.5 Å². The van der Waals surface area contributed by atoms with E-state index in [0.29, 0.717) is 31.1 Å². The van der Waals surface area contributed by atoms with Crippen LogP contribution in [0.1, 0.15) is 26.2 Å². The van der Waals surface area contributed by atoms with Crippen LogP contribution in [0.25, 0.3) is 10.8 Å². The van der Waals surface area contributed by atoms with E-state index in [2.05, 4.69) is 5.32 Å². The summed E-state index contributed by atoms with van der Waals surface area (Å²) >= 11 is 0. The molecule has 0 saturated carbocycles. The second-order valence-corrected chi connectivity index (χ2v) is 10.3. The average molecular weight is 483 g/mol. The SMILES string of the molecule is CC(Oc1cccc2ccccc12)C(=O)NCCOc1ccc(S(=O)(=O)N2CCCCC2)cc1. The zero-order valence-electron chi connectivity index (χ0n) is 19.3. The number of nitrogens with one attached hydrogen (secondary N) is 1. The van der Waals surface area contributed by atoms with E-state index in [-0.39, 0.29) is 17.4 Å². The molecule has 8 heteroatoms. The summed E-state index contributed by atoms with van der Waals surface area (Å²) in [7, 11) is -3.46. The van der Waals surface area contributed by atoms with Crippen LogP contribution in [0.5, 0.6) is 11.5 Å². The first-order chi connectivity index (χ1) is 16.4. The van der Waals surface area contributed by atoms with Gasteiger partial charge < -0.3 is 14.8 Å². The Hall–Kier alpha value is -3.10. The van der Waals surface area contributed by atoms with Crippen LogP contribution >= 0.6 is 0 Å². The number of hydrogen-bond acceptors (Lipinski definition) is 5. The van der Waals surface area contributed by atoms with Crippen LogP contribution in [-0.4, -0.2) is 51.0 Å². The number of nitrogens with zero attached hydrogens (tertiary/aromatic N) is 1. The Morgan fingerprint density at radius 1 is 0.971 bits per heavy atom. The second-order valence-electron chi connectivity index (χ2n) is 8.31. The molecule has 1 unspecified atom stereocenters. The molecule has 1 amide bonds. The van der Waals surface area contributed by atoms with Crippen LogP contribution in [-0.2, 0) is 14.8 Å². The number of amides is 1. The van der Waals surface area contributed by atoms with Crippen molar-refractivity contribution in [2.45, 2.75) is 37.2 Å². The van der Waals surface area contributed by atoms with Crippen LogP contribution in [0.15, 0.2) is 71.6 Å². The fourth-order valence-corrected chi connectivity index (χ4v) is 5.51. The molecule has 1 N–H and O–H groups in total. The van der Waals surface area contributed by atoms with E-state index in [1.807, 2.05) is 42.5 Å². The largest absolute Gasteiger partial charge is 0.492 e. The minimum absolute atomic E-state index is 0.237. The number of carbonyl (C=O) groups excluding carboxylic acids is 1. The van der Waals surface area contributed by atoms with Gasteiger partial charge in [0.05, 0.1) is 11.4 Å². The second kappa shape index (κ2) is 10.9. The summed E-state index contributed by atoms with van der Waals surface area (Å²) in [5, 5.41) is 4.82. The molecule has 0 aliphatic carbocycles. The molecule has 1 aliphatic heterocycles. The molecule has 180 valence electrons. The van der Waals surface area contributed by atoms with Crippen molar-refractivity contribution in [1.29, 1.82) is 0 Å². The first-order valence-corrected chi connectivity index (χ1v) is 13.0. The smallest absolute Gasteiger partial charge is 0.260 e. The molecular weight excluding hydrogens is 452 g/mol. The number of fused-ring (bicyclic) bond motifs is 1. The molecule has 1 aliphatic rings. The molecule has 0 spiro atoms. The fraction of sp³-hybridized carbons (Fsp3) is 0.346. The normalized spacial score (nSPS) is 15.6. The van der Waals surface area contributed by atoms with E-state index in [4.69, 9.17) is 9.47 Å². The van der Waals surface area contributed by atoms with E-state index in [0.717, 1.165) is 30.0 Å². The Bertz CT molecular complexity index is 1220. The Kier molecular flexibility index (Phi) is 7.70. The highest BCUT2D eigenvalue weighted by molar-refractivity contribution is 7.89. The van der Waals surface area contributed by atoms with Crippen molar-refractivity contribution >= 4 is 26.7 Å². The lowest BCUT2D eigenvalue weighted by Gasteiger charge is -2.25. The number of ether oxygens (including phenoxy) is 2. The molecule has 0 aromatic heterocycles. The van der Waals surface area contributed by atoms with Gasteiger partial charge in [-0.05, 0) is 55.5 Å². The van der Waals surface area contributed by atoms with Gasteiger partial charge in [-0.1, -0.05) is 42.8 Å². The van der Waals surface area contributed by atoms with Crippen molar-refractivity contribution in [2.75, 3.05) is 26.2 Å². The molecule has 4 rings (SSSR count). The Morgan fingerprint density at radius 3 is 2.44 bits per heavy atom. The molecular formula is C26H30N2O5S. The summed E-state index contributed by atoms with van der Waals surface area (Å²) in [5.74, 6) is 0.975. The monoisotopic (exact) mass is 482 g/mol. The van der Waals surface area contributed by atoms with Crippen LogP contribution in [0.4, 0.5) is 0 Å². The Labute approximate surface area is 200 Å². The fourth-order valence-electron chi connectivity index (χ4n) is 3.99. The number of benzene rings is 3. The predicted molar refractivity (Wildman–Crippen MR) is 132 cm³/mol. The molecule has 3 aromatic rings. The molecule has 34 heavy (non-hydrogen) atoms. The van der Waals surface area contributed by atoms with Crippen LogP contribution in [0.3, 0.4) is 0 Å². The van der Waals surface area contributed by atoms with Crippen molar-refractivity contribution in [3.63, 3.8) is 0 Å². The van der Waals surface area contributed by atoms with Crippen molar-refractivity contribution in [2.24, 2.45) is 0 Å². The lowest BCUT2D eigenvalue weighted by Crippen LogP contribution is -2.38. The number of hydrogen-bond donors (Lipinski definition) is 1. The van der Waals surface area contributed by atoms with Gasteiger partial charge >= 0.3 is 0 Å². The molecule has 1 saturated heterocycles. The van der Waals surface area contributed by atoms with Gasteiger partial charge in [-0.3, -0.25) is 4.79 Å². The topological polar surface area (TPSA) is 84.9 Å². The summed E-state index contributed by atoms with van der Waals surface area (Å²) in [4.78, 5) is 12.7. The predicted octanol–water partition coefficient (Wildman–Crippen LogP) is 3.98. The minimum atomic E-state index is -3.46. The molecule has 1 heterocycles. The lowest BCUT2D eigenvalue weighted by molar-refractivity contribution is -0.127. The molecule has 3 aromatic carbocycles. The first-order valence-electron chi connectivity index (χ1n) is 11.6. The van der Waals surface area contributed by atoms with E-state index in [1.165, 1.54) is 0 Å². The van der Waals surface area contributed by atoms with E-state index in [1.54, 1.807) is 35.5 Å². The third-order valence-electron chi connectivity index (χ3n) is 5.87. The van der Waals surface area contributed by atoms with Crippen LogP contribution in [0.2, 0.25) is 0 Å². The van der Waals surface area contributed by atoms with Gasteiger partial charge in [0.15, 0.2) is 6.10 Å². The summed E-state index contributed by atoms with van der Waals surface area (Å²) in [6.45, 7) is 3.41. The standard InChI is InChI=1S/C26H30N2O5S/c1-20(33-25-11-7-9-21-8-3-4-10-24(21)25)26(29)27-16-19-32-22-12-14-23(15-13-22)34(30,31)28-17-5-2-6-18-28/h3-4,7-15,20H,2,5-6,16-19H2,1H3,(H,27,29). The molecule has 7 nitrogen and oxygen atoms in total. The number of sulfonamides is 1. The maximum atomic E-state index is 12.7. The highest BCUT2D eigenvalue weighted by Gasteiger charge is 2.25. The number of rotatable bonds is 9. The molecule has 0 bridgehead atoms. The maximum absolute atomic E-state index is 12.7. The number of piperidine rings is 1. The van der Waals surface area contributed by atoms with Gasteiger partial charge in [0, 0.05) is 18.5 Å². The van der Waals surface area contributed by atoms with Crippen LogP contribution in [0, 0.1) is 0 Å². The average Bonchev–Trinajstić information content (AvgIpc) is 2.87. The van der Waals surface area contributed by atoms with Gasteiger partial charge in [-0.25, -0.2) is 8.42 Å². The maximum Gasteiger partial charge on any atom is 0.260 e. The van der Waals surface area contributed by atoms with E-state index >= 15 is 0 Å². The van der Waals surface area contributed by atoms with E-state index in [9.17, 15) is 13.2 Å². The summed E-state index contributed by atoms with van der Waals surface area (Å²) in [6, 6.07) is 20.0. The Morgan fingerprint density at radius 2 is 1.68 bits per heavy atom.